The lowest BCUT2D eigenvalue weighted by Gasteiger charge is -2.08. The summed E-state index contributed by atoms with van der Waals surface area (Å²) in [5.74, 6) is 0.845. The van der Waals surface area contributed by atoms with Crippen LogP contribution in [0.25, 0.3) is 10.2 Å². The second-order valence-electron chi connectivity index (χ2n) is 4.80. The van der Waals surface area contributed by atoms with Crippen LogP contribution in [0, 0.1) is 6.92 Å². The second kappa shape index (κ2) is 6.10. The van der Waals surface area contributed by atoms with Gasteiger partial charge in [-0.1, -0.05) is 30.3 Å². The van der Waals surface area contributed by atoms with E-state index in [2.05, 4.69) is 52.5 Å². The maximum atomic E-state index is 5.18. The highest BCUT2D eigenvalue weighted by Gasteiger charge is 2.10. The fraction of sp³-hybridized carbons (Fsp3) is 0.250. The van der Waals surface area contributed by atoms with Gasteiger partial charge in [0, 0.05) is 11.4 Å². The number of ether oxygens (including phenoxy) is 1. The molecule has 0 radical (unpaired) electrons. The predicted octanol–water partition coefficient (Wildman–Crippen LogP) is 3.66. The maximum absolute atomic E-state index is 5.18. The van der Waals surface area contributed by atoms with E-state index >= 15 is 0 Å². The van der Waals surface area contributed by atoms with E-state index in [0.717, 1.165) is 29.0 Å². The van der Waals surface area contributed by atoms with Gasteiger partial charge in [-0.2, -0.15) is 9.97 Å². The fourth-order valence-electron chi connectivity index (χ4n) is 2.22. The molecule has 5 heteroatoms. The van der Waals surface area contributed by atoms with Crippen LogP contribution >= 0.6 is 11.3 Å². The predicted molar refractivity (Wildman–Crippen MR) is 87.3 cm³/mol. The normalized spacial score (nSPS) is 10.8. The zero-order valence-electron chi connectivity index (χ0n) is 12.1. The van der Waals surface area contributed by atoms with Crippen LogP contribution in [-0.4, -0.2) is 23.6 Å². The molecule has 4 nitrogen and oxygen atoms in total. The van der Waals surface area contributed by atoms with Crippen molar-refractivity contribution >= 4 is 27.4 Å². The summed E-state index contributed by atoms with van der Waals surface area (Å²) in [5.41, 5.74) is 1.31. The van der Waals surface area contributed by atoms with Crippen LogP contribution in [0.5, 0.6) is 6.01 Å². The molecule has 0 spiro atoms. The van der Waals surface area contributed by atoms with Crippen LogP contribution in [0.3, 0.4) is 0 Å². The van der Waals surface area contributed by atoms with Crippen molar-refractivity contribution in [1.29, 1.82) is 0 Å². The quantitative estimate of drug-likeness (QED) is 0.781. The summed E-state index contributed by atoms with van der Waals surface area (Å²) in [6.45, 7) is 2.90. The Morgan fingerprint density at radius 2 is 2.00 bits per heavy atom. The summed E-state index contributed by atoms with van der Waals surface area (Å²) >= 11 is 1.65. The molecule has 3 rings (SSSR count). The highest BCUT2D eigenvalue weighted by Crippen LogP contribution is 2.30. The number of anilines is 1. The van der Waals surface area contributed by atoms with E-state index in [1.165, 1.54) is 10.4 Å². The van der Waals surface area contributed by atoms with E-state index in [0.29, 0.717) is 6.01 Å². The molecule has 0 fully saturated rings. The zero-order valence-corrected chi connectivity index (χ0v) is 12.9. The van der Waals surface area contributed by atoms with E-state index in [9.17, 15) is 0 Å². The molecule has 2 aromatic heterocycles. The van der Waals surface area contributed by atoms with Gasteiger partial charge in [-0.15, -0.1) is 11.3 Å². The van der Waals surface area contributed by atoms with Crippen molar-refractivity contribution in [2.45, 2.75) is 13.3 Å². The minimum absolute atomic E-state index is 0.409. The van der Waals surface area contributed by atoms with E-state index in [4.69, 9.17) is 4.74 Å². The lowest BCUT2D eigenvalue weighted by Crippen LogP contribution is -2.07. The lowest BCUT2D eigenvalue weighted by molar-refractivity contribution is 0.382. The molecule has 0 aliphatic carbocycles. The second-order valence-corrected chi connectivity index (χ2v) is 6.03. The first-order chi connectivity index (χ1) is 10.3. The Balaban J connectivity index is 1.79. The van der Waals surface area contributed by atoms with E-state index in [1.54, 1.807) is 18.4 Å². The van der Waals surface area contributed by atoms with E-state index < -0.39 is 0 Å². The monoisotopic (exact) mass is 299 g/mol. The molecule has 0 saturated carbocycles. The Morgan fingerprint density at radius 3 is 2.76 bits per heavy atom. The van der Waals surface area contributed by atoms with Crippen molar-refractivity contribution in [3.05, 3.63) is 46.8 Å². The summed E-state index contributed by atoms with van der Waals surface area (Å²) in [6, 6.07) is 12.9. The molecule has 0 unspecified atom stereocenters. The van der Waals surface area contributed by atoms with E-state index in [1.807, 2.05) is 6.07 Å². The van der Waals surface area contributed by atoms with Gasteiger partial charge in [0.1, 0.15) is 10.6 Å². The fourth-order valence-corrected chi connectivity index (χ4v) is 3.09. The van der Waals surface area contributed by atoms with Crippen molar-refractivity contribution in [2.24, 2.45) is 0 Å². The molecule has 108 valence electrons. The molecule has 0 aliphatic heterocycles. The molecule has 0 aliphatic rings. The van der Waals surface area contributed by atoms with Crippen LogP contribution in [-0.2, 0) is 6.42 Å². The highest BCUT2D eigenvalue weighted by atomic mass is 32.1. The number of methoxy groups -OCH3 is 1. The van der Waals surface area contributed by atoms with Gasteiger partial charge in [0.25, 0.3) is 0 Å². The standard InChI is InChI=1S/C16H17N3OS/c1-11-10-13-14(18-16(20-2)19-15(13)21-11)17-9-8-12-6-4-3-5-7-12/h3-7,10H,8-9H2,1-2H3,(H,17,18,19). The SMILES string of the molecule is COc1nc(NCCc2ccccc2)c2cc(C)sc2n1. The first-order valence-corrected chi connectivity index (χ1v) is 7.68. The van der Waals surface area contributed by atoms with Gasteiger partial charge >= 0.3 is 6.01 Å². The van der Waals surface area contributed by atoms with Gasteiger partial charge in [-0.25, -0.2) is 0 Å². The van der Waals surface area contributed by atoms with Crippen LogP contribution in [0.1, 0.15) is 10.4 Å². The molecular formula is C16H17N3OS. The Bertz CT molecular complexity index is 740. The van der Waals surface area contributed by atoms with Crippen LogP contribution in [0.4, 0.5) is 5.82 Å². The van der Waals surface area contributed by atoms with Gasteiger partial charge in [-0.3, -0.25) is 0 Å². The van der Waals surface area contributed by atoms with Crippen molar-refractivity contribution in [1.82, 2.24) is 9.97 Å². The molecule has 21 heavy (non-hydrogen) atoms. The summed E-state index contributed by atoms with van der Waals surface area (Å²) in [5, 5.41) is 4.46. The Morgan fingerprint density at radius 1 is 1.19 bits per heavy atom. The lowest BCUT2D eigenvalue weighted by atomic mass is 10.1. The van der Waals surface area contributed by atoms with Crippen LogP contribution in [0.2, 0.25) is 0 Å². The first-order valence-electron chi connectivity index (χ1n) is 6.86. The topological polar surface area (TPSA) is 47.0 Å². The minimum atomic E-state index is 0.409. The summed E-state index contributed by atoms with van der Waals surface area (Å²) in [4.78, 5) is 11.0. The van der Waals surface area contributed by atoms with Gasteiger partial charge in [-0.05, 0) is 25.0 Å². The number of aromatic nitrogens is 2. The third-order valence-electron chi connectivity index (χ3n) is 3.23. The molecule has 0 amide bonds. The molecule has 2 heterocycles. The number of hydrogen-bond acceptors (Lipinski definition) is 5. The number of thiophene rings is 1. The van der Waals surface area contributed by atoms with Crippen molar-refractivity contribution < 1.29 is 4.74 Å². The molecule has 1 aromatic carbocycles. The maximum Gasteiger partial charge on any atom is 0.319 e. The number of nitrogens with one attached hydrogen (secondary N) is 1. The Hall–Kier alpha value is -2.14. The van der Waals surface area contributed by atoms with Crippen LogP contribution < -0.4 is 10.1 Å². The van der Waals surface area contributed by atoms with Crippen molar-refractivity contribution in [2.75, 3.05) is 19.0 Å². The summed E-state index contributed by atoms with van der Waals surface area (Å²) in [7, 11) is 1.59. The smallest absolute Gasteiger partial charge is 0.319 e. The number of benzene rings is 1. The van der Waals surface area contributed by atoms with Gasteiger partial charge in [0.2, 0.25) is 0 Å². The minimum Gasteiger partial charge on any atom is -0.467 e. The average molecular weight is 299 g/mol. The molecular weight excluding hydrogens is 282 g/mol. The molecule has 1 N–H and O–H groups in total. The number of hydrogen-bond donors (Lipinski definition) is 1. The first kappa shape index (κ1) is 13.8. The average Bonchev–Trinajstić information content (AvgIpc) is 2.88. The Labute approximate surface area is 127 Å². The summed E-state index contributed by atoms with van der Waals surface area (Å²) in [6.07, 6.45) is 0.956. The third kappa shape index (κ3) is 3.13. The van der Waals surface area contributed by atoms with Crippen LogP contribution in [0.15, 0.2) is 36.4 Å². The summed E-state index contributed by atoms with van der Waals surface area (Å²) < 4.78 is 5.18. The van der Waals surface area contributed by atoms with Gasteiger partial charge in [0.15, 0.2) is 0 Å². The zero-order chi connectivity index (χ0) is 14.7. The molecule has 3 aromatic rings. The molecule has 0 saturated heterocycles. The van der Waals surface area contributed by atoms with Gasteiger partial charge < -0.3 is 10.1 Å². The van der Waals surface area contributed by atoms with Crippen molar-refractivity contribution in [3.8, 4) is 6.01 Å². The third-order valence-corrected chi connectivity index (χ3v) is 4.17. The Kier molecular flexibility index (Phi) is 4.01. The highest BCUT2D eigenvalue weighted by molar-refractivity contribution is 7.18. The molecule has 0 bridgehead atoms. The number of rotatable bonds is 5. The molecule has 0 atom stereocenters. The van der Waals surface area contributed by atoms with E-state index in [-0.39, 0.29) is 0 Å². The van der Waals surface area contributed by atoms with Gasteiger partial charge in [0.05, 0.1) is 12.5 Å². The number of nitrogens with zero attached hydrogens (tertiary/aromatic N) is 2. The largest absolute Gasteiger partial charge is 0.467 e. The number of fused-ring (bicyclic) bond motifs is 1. The van der Waals surface area contributed by atoms with Crippen molar-refractivity contribution in [3.63, 3.8) is 0 Å². The number of aryl methyl sites for hydroxylation is 1.